The van der Waals surface area contributed by atoms with Crippen molar-refractivity contribution in [2.75, 3.05) is 10.6 Å². The third-order valence-corrected chi connectivity index (χ3v) is 3.19. The molecule has 1 aliphatic rings. The molecule has 0 spiro atoms. The second kappa shape index (κ2) is 6.23. The zero-order valence-electron chi connectivity index (χ0n) is 10.9. The molecule has 1 heterocycles. The number of imide groups is 1. The number of nitrogens with one attached hydrogen (secondary N) is 3. The zero-order chi connectivity index (χ0) is 15.4. The molecule has 21 heavy (non-hydrogen) atoms. The Labute approximate surface area is 124 Å². The van der Waals surface area contributed by atoms with Gasteiger partial charge in [-0.05, 0) is 36.0 Å². The van der Waals surface area contributed by atoms with Crippen molar-refractivity contribution in [3.63, 3.8) is 0 Å². The molecule has 1 aliphatic heterocycles. The molecule has 0 aliphatic carbocycles. The first kappa shape index (κ1) is 14.8. The van der Waals surface area contributed by atoms with E-state index in [0.717, 1.165) is 6.08 Å². The maximum absolute atomic E-state index is 11.7. The standard InChI is InChI=1S/C13H11N3O4S/c1-7(17)14-8-2-4-9(5-3-8)15-11(18)6-10-12(19)16-13(20)21-10/h2-6H,1H3,(H,14,17)(H,15,18)(H,16,19,20)/b10-6-. The molecule has 0 bridgehead atoms. The lowest BCUT2D eigenvalue weighted by atomic mass is 10.2. The highest BCUT2D eigenvalue weighted by molar-refractivity contribution is 8.18. The minimum Gasteiger partial charge on any atom is -0.326 e. The molecule has 1 aromatic rings. The van der Waals surface area contributed by atoms with E-state index in [1.165, 1.54) is 6.92 Å². The molecule has 0 atom stereocenters. The lowest BCUT2D eigenvalue weighted by Crippen LogP contribution is -2.18. The van der Waals surface area contributed by atoms with Crippen LogP contribution in [0.5, 0.6) is 0 Å². The van der Waals surface area contributed by atoms with Gasteiger partial charge in [-0.15, -0.1) is 0 Å². The lowest BCUT2D eigenvalue weighted by Gasteiger charge is -2.05. The first-order valence-electron chi connectivity index (χ1n) is 5.87. The molecule has 4 amide bonds. The van der Waals surface area contributed by atoms with E-state index in [0.29, 0.717) is 23.1 Å². The van der Waals surface area contributed by atoms with Crippen LogP contribution in [0.4, 0.5) is 16.2 Å². The van der Waals surface area contributed by atoms with Crippen molar-refractivity contribution in [1.29, 1.82) is 0 Å². The topological polar surface area (TPSA) is 104 Å². The van der Waals surface area contributed by atoms with Crippen LogP contribution < -0.4 is 16.0 Å². The Hall–Kier alpha value is -2.61. The Morgan fingerprint density at radius 2 is 1.67 bits per heavy atom. The fraction of sp³-hybridized carbons (Fsp3) is 0.0769. The van der Waals surface area contributed by atoms with Crippen LogP contribution >= 0.6 is 11.8 Å². The third-order valence-electron chi connectivity index (χ3n) is 2.38. The summed E-state index contributed by atoms with van der Waals surface area (Å²) in [6, 6.07) is 6.47. The number of hydrogen-bond donors (Lipinski definition) is 3. The van der Waals surface area contributed by atoms with Crippen LogP contribution in [0.1, 0.15) is 6.92 Å². The SMILES string of the molecule is CC(=O)Nc1ccc(NC(=O)/C=C2\SC(=O)NC2=O)cc1. The summed E-state index contributed by atoms with van der Waals surface area (Å²) in [5.74, 6) is -1.29. The predicted octanol–water partition coefficient (Wildman–Crippen LogP) is 1.45. The van der Waals surface area contributed by atoms with Gasteiger partial charge in [0.2, 0.25) is 11.8 Å². The summed E-state index contributed by atoms with van der Waals surface area (Å²) in [4.78, 5) is 44.9. The van der Waals surface area contributed by atoms with Gasteiger partial charge in [0.05, 0.1) is 4.91 Å². The largest absolute Gasteiger partial charge is 0.326 e. The number of benzene rings is 1. The number of anilines is 2. The van der Waals surface area contributed by atoms with Crippen LogP contribution in [-0.4, -0.2) is 23.0 Å². The summed E-state index contributed by atoms with van der Waals surface area (Å²) in [5, 5.41) is 6.71. The van der Waals surface area contributed by atoms with E-state index >= 15 is 0 Å². The van der Waals surface area contributed by atoms with Gasteiger partial charge in [0.15, 0.2) is 0 Å². The van der Waals surface area contributed by atoms with Crippen LogP contribution in [0.2, 0.25) is 0 Å². The average Bonchev–Trinajstić information content (AvgIpc) is 2.69. The maximum Gasteiger partial charge on any atom is 0.290 e. The summed E-state index contributed by atoms with van der Waals surface area (Å²) in [7, 11) is 0. The Kier molecular flexibility index (Phi) is 4.39. The minimum atomic E-state index is -0.582. The van der Waals surface area contributed by atoms with Gasteiger partial charge < -0.3 is 10.6 Å². The van der Waals surface area contributed by atoms with Crippen LogP contribution in [0.15, 0.2) is 35.2 Å². The molecule has 8 heteroatoms. The number of rotatable bonds is 3. The van der Waals surface area contributed by atoms with Gasteiger partial charge in [-0.3, -0.25) is 24.5 Å². The number of amides is 4. The van der Waals surface area contributed by atoms with Gasteiger partial charge in [0.25, 0.3) is 11.1 Å². The second-order valence-corrected chi connectivity index (χ2v) is 5.11. The van der Waals surface area contributed by atoms with Crippen molar-refractivity contribution in [3.05, 3.63) is 35.2 Å². The molecule has 1 aromatic carbocycles. The Morgan fingerprint density at radius 3 is 2.14 bits per heavy atom. The first-order chi connectivity index (χ1) is 9.94. The van der Waals surface area contributed by atoms with Crippen LogP contribution in [0.25, 0.3) is 0 Å². The minimum absolute atomic E-state index is 0.0485. The first-order valence-corrected chi connectivity index (χ1v) is 6.69. The number of carbonyl (C=O) groups excluding carboxylic acids is 4. The van der Waals surface area contributed by atoms with E-state index in [1.54, 1.807) is 24.3 Å². The second-order valence-electron chi connectivity index (χ2n) is 4.10. The Balaban J connectivity index is 2.00. The van der Waals surface area contributed by atoms with Crippen molar-refractivity contribution in [1.82, 2.24) is 5.32 Å². The molecule has 0 unspecified atom stereocenters. The molecule has 0 aromatic heterocycles. The highest BCUT2D eigenvalue weighted by Crippen LogP contribution is 2.23. The van der Waals surface area contributed by atoms with Crippen LogP contribution in [0, 0.1) is 0 Å². The molecule has 0 radical (unpaired) electrons. The van der Waals surface area contributed by atoms with E-state index in [1.807, 2.05) is 0 Å². The summed E-state index contributed by atoms with van der Waals surface area (Å²) >= 11 is 0.675. The molecule has 1 saturated heterocycles. The lowest BCUT2D eigenvalue weighted by molar-refractivity contribution is -0.116. The van der Waals surface area contributed by atoms with Crippen molar-refractivity contribution >= 4 is 46.1 Å². The third kappa shape index (κ3) is 4.18. The molecule has 7 nitrogen and oxygen atoms in total. The Morgan fingerprint density at radius 1 is 1.10 bits per heavy atom. The summed E-state index contributed by atoms with van der Waals surface area (Å²) in [6.45, 7) is 1.40. The van der Waals surface area contributed by atoms with Crippen molar-refractivity contribution in [3.8, 4) is 0 Å². The van der Waals surface area contributed by atoms with Crippen molar-refractivity contribution in [2.45, 2.75) is 6.92 Å². The van der Waals surface area contributed by atoms with Gasteiger partial charge in [0.1, 0.15) is 0 Å². The van der Waals surface area contributed by atoms with Crippen molar-refractivity contribution < 1.29 is 19.2 Å². The molecular weight excluding hydrogens is 294 g/mol. The summed E-state index contributed by atoms with van der Waals surface area (Å²) in [6.07, 6.45) is 1.06. The monoisotopic (exact) mass is 305 g/mol. The highest BCUT2D eigenvalue weighted by Gasteiger charge is 2.25. The molecule has 108 valence electrons. The number of hydrogen-bond acceptors (Lipinski definition) is 5. The maximum atomic E-state index is 11.7. The van der Waals surface area contributed by atoms with Gasteiger partial charge in [-0.1, -0.05) is 0 Å². The van der Waals surface area contributed by atoms with Crippen molar-refractivity contribution in [2.24, 2.45) is 0 Å². The van der Waals surface area contributed by atoms with E-state index in [2.05, 4.69) is 16.0 Å². The van der Waals surface area contributed by atoms with Gasteiger partial charge in [-0.25, -0.2) is 0 Å². The number of thioether (sulfide) groups is 1. The summed E-state index contributed by atoms with van der Waals surface area (Å²) in [5.41, 5.74) is 1.11. The predicted molar refractivity (Wildman–Crippen MR) is 78.6 cm³/mol. The summed E-state index contributed by atoms with van der Waals surface area (Å²) < 4.78 is 0. The van der Waals surface area contributed by atoms with Gasteiger partial charge in [-0.2, -0.15) is 0 Å². The molecule has 1 fully saturated rings. The van der Waals surface area contributed by atoms with E-state index in [4.69, 9.17) is 0 Å². The fourth-order valence-corrected chi connectivity index (χ4v) is 2.21. The van der Waals surface area contributed by atoms with E-state index < -0.39 is 17.1 Å². The molecule has 3 N–H and O–H groups in total. The van der Waals surface area contributed by atoms with Crippen LogP contribution in [0.3, 0.4) is 0 Å². The smallest absolute Gasteiger partial charge is 0.290 e. The molecule has 2 rings (SSSR count). The van der Waals surface area contributed by atoms with Gasteiger partial charge >= 0.3 is 0 Å². The van der Waals surface area contributed by atoms with Gasteiger partial charge in [0, 0.05) is 24.4 Å². The zero-order valence-corrected chi connectivity index (χ0v) is 11.7. The average molecular weight is 305 g/mol. The molecular formula is C13H11N3O4S. The fourth-order valence-electron chi connectivity index (χ4n) is 1.56. The number of carbonyl (C=O) groups is 4. The van der Waals surface area contributed by atoms with E-state index in [9.17, 15) is 19.2 Å². The Bertz CT molecular complexity index is 652. The molecule has 0 saturated carbocycles. The highest BCUT2D eigenvalue weighted by atomic mass is 32.2. The van der Waals surface area contributed by atoms with E-state index in [-0.39, 0.29) is 10.8 Å². The van der Waals surface area contributed by atoms with Crippen LogP contribution in [-0.2, 0) is 14.4 Å². The normalized spacial score (nSPS) is 15.8. The quantitative estimate of drug-likeness (QED) is 0.733.